The summed E-state index contributed by atoms with van der Waals surface area (Å²) in [6.45, 7) is 0.0883. The minimum Gasteiger partial charge on any atom is -0.507 e. The molecule has 1 amide bonds. The van der Waals surface area contributed by atoms with Crippen molar-refractivity contribution in [3.63, 3.8) is 0 Å². The van der Waals surface area contributed by atoms with Crippen molar-refractivity contribution < 1.29 is 28.9 Å². The van der Waals surface area contributed by atoms with E-state index in [9.17, 15) is 14.7 Å². The Bertz CT molecular complexity index is 1300. The highest BCUT2D eigenvalue weighted by atomic mass is 35.5. The van der Waals surface area contributed by atoms with Crippen LogP contribution in [-0.2, 0) is 16.1 Å². The topological polar surface area (TPSA) is 85.3 Å². The van der Waals surface area contributed by atoms with Gasteiger partial charge in [0.05, 0.1) is 39.5 Å². The number of aliphatic hydroxyl groups excluding tert-OH is 1. The van der Waals surface area contributed by atoms with E-state index in [1.54, 1.807) is 55.6 Å². The molecular weight excluding hydrogens is 470 g/mol. The molecule has 0 bridgehead atoms. The van der Waals surface area contributed by atoms with Gasteiger partial charge in [-0.15, -0.1) is 0 Å². The number of benzene rings is 3. The van der Waals surface area contributed by atoms with Crippen molar-refractivity contribution in [2.45, 2.75) is 12.6 Å². The number of hydrogen-bond donors (Lipinski definition) is 1. The van der Waals surface area contributed by atoms with Crippen molar-refractivity contribution in [1.29, 1.82) is 0 Å². The molecule has 4 rings (SSSR count). The number of amides is 1. The van der Waals surface area contributed by atoms with Crippen molar-refractivity contribution in [3.05, 3.63) is 94.0 Å². The van der Waals surface area contributed by atoms with E-state index in [1.807, 2.05) is 18.2 Å². The monoisotopic (exact) mass is 493 g/mol. The molecule has 3 aromatic rings. The van der Waals surface area contributed by atoms with E-state index < -0.39 is 17.7 Å². The molecule has 8 heteroatoms. The number of carbonyl (C=O) groups excluding carboxylic acids is 2. The molecule has 7 nitrogen and oxygen atoms in total. The molecule has 0 aliphatic carbocycles. The van der Waals surface area contributed by atoms with E-state index in [-0.39, 0.29) is 17.9 Å². The summed E-state index contributed by atoms with van der Waals surface area (Å²) < 4.78 is 16.2. The molecule has 1 unspecified atom stereocenters. The summed E-state index contributed by atoms with van der Waals surface area (Å²) in [5, 5.41) is 11.7. The van der Waals surface area contributed by atoms with Crippen LogP contribution in [0, 0.1) is 0 Å². The maximum absolute atomic E-state index is 13.3. The number of Topliss-reactive ketones (excluding diaryl/α,β-unsaturated/α-hetero) is 1. The zero-order valence-electron chi connectivity index (χ0n) is 19.4. The molecule has 1 fully saturated rings. The van der Waals surface area contributed by atoms with Crippen LogP contribution in [0.1, 0.15) is 22.7 Å². The largest absolute Gasteiger partial charge is 0.507 e. The first-order valence-electron chi connectivity index (χ1n) is 10.8. The molecule has 1 N–H and O–H groups in total. The number of likely N-dealkylation sites (tertiary alicyclic amines) is 1. The van der Waals surface area contributed by atoms with Crippen molar-refractivity contribution >= 4 is 29.1 Å². The summed E-state index contributed by atoms with van der Waals surface area (Å²) >= 11 is 5.99. The van der Waals surface area contributed by atoms with Gasteiger partial charge in [-0.1, -0.05) is 35.9 Å². The standard InChI is InChI=1S/C27H24ClNO6/c1-33-20-7-5-4-6-18(20)15-29-24(17-10-13-21(34-2)22(14-17)35-3)23(26(31)27(29)32)25(30)16-8-11-19(28)12-9-16/h4-14,24,30H,15H2,1-3H3/b25-23-. The van der Waals surface area contributed by atoms with Gasteiger partial charge >= 0.3 is 0 Å². The Balaban J connectivity index is 1.90. The number of para-hydroxylation sites is 1. The molecule has 0 saturated carbocycles. The van der Waals surface area contributed by atoms with Crippen LogP contribution in [0.2, 0.25) is 5.02 Å². The number of aliphatic hydroxyl groups is 1. The van der Waals surface area contributed by atoms with Gasteiger partial charge in [-0.05, 0) is 48.0 Å². The first-order chi connectivity index (χ1) is 16.9. The molecule has 3 aromatic carbocycles. The Kier molecular flexibility index (Phi) is 6.98. The average Bonchev–Trinajstić information content (AvgIpc) is 3.13. The minimum atomic E-state index is -0.879. The van der Waals surface area contributed by atoms with Gasteiger partial charge in [0.15, 0.2) is 11.5 Å². The Labute approximate surface area is 208 Å². The SMILES string of the molecule is COc1ccccc1CN1C(=O)C(=O)/C(=C(\O)c2ccc(Cl)cc2)C1c1ccc(OC)c(OC)c1. The maximum Gasteiger partial charge on any atom is 0.295 e. The second-order valence-corrected chi connectivity index (χ2v) is 8.30. The second kappa shape index (κ2) is 10.1. The number of ether oxygens (including phenoxy) is 3. The lowest BCUT2D eigenvalue weighted by Gasteiger charge is -2.26. The van der Waals surface area contributed by atoms with E-state index >= 15 is 0 Å². The molecule has 1 aliphatic rings. The molecule has 0 aromatic heterocycles. The van der Waals surface area contributed by atoms with Gasteiger partial charge < -0.3 is 24.2 Å². The highest BCUT2D eigenvalue weighted by Gasteiger charge is 2.46. The van der Waals surface area contributed by atoms with Gasteiger partial charge in [0.1, 0.15) is 11.5 Å². The molecule has 1 heterocycles. The van der Waals surface area contributed by atoms with Gasteiger partial charge in [0.2, 0.25) is 0 Å². The lowest BCUT2D eigenvalue weighted by molar-refractivity contribution is -0.140. The molecule has 0 spiro atoms. The Morgan fingerprint density at radius 2 is 1.54 bits per heavy atom. The van der Waals surface area contributed by atoms with Crippen molar-refractivity contribution in [3.8, 4) is 17.2 Å². The van der Waals surface area contributed by atoms with Crippen LogP contribution in [0.3, 0.4) is 0 Å². The third kappa shape index (κ3) is 4.55. The first-order valence-corrected chi connectivity index (χ1v) is 11.2. The quantitative estimate of drug-likeness (QED) is 0.283. The molecular formula is C27H24ClNO6. The zero-order chi connectivity index (χ0) is 25.1. The summed E-state index contributed by atoms with van der Waals surface area (Å²) in [5.74, 6) is -0.297. The van der Waals surface area contributed by atoms with Gasteiger partial charge in [0.25, 0.3) is 11.7 Å². The lowest BCUT2D eigenvalue weighted by Crippen LogP contribution is -2.29. The van der Waals surface area contributed by atoms with Crippen LogP contribution in [0.4, 0.5) is 0 Å². The summed E-state index contributed by atoms with van der Waals surface area (Å²) in [6.07, 6.45) is 0. The van der Waals surface area contributed by atoms with Crippen LogP contribution in [0.25, 0.3) is 5.76 Å². The van der Waals surface area contributed by atoms with E-state index in [2.05, 4.69) is 0 Å². The van der Waals surface area contributed by atoms with E-state index in [0.29, 0.717) is 39.0 Å². The summed E-state index contributed by atoms with van der Waals surface area (Å²) in [6, 6.07) is 17.9. The number of hydrogen-bond acceptors (Lipinski definition) is 6. The van der Waals surface area contributed by atoms with Gasteiger partial charge in [-0.3, -0.25) is 9.59 Å². The number of carbonyl (C=O) groups is 2. The molecule has 0 radical (unpaired) electrons. The van der Waals surface area contributed by atoms with Crippen molar-refractivity contribution in [2.75, 3.05) is 21.3 Å². The highest BCUT2D eigenvalue weighted by molar-refractivity contribution is 6.46. The lowest BCUT2D eigenvalue weighted by atomic mass is 9.94. The van der Waals surface area contributed by atoms with Gasteiger partial charge in [-0.25, -0.2) is 0 Å². The van der Waals surface area contributed by atoms with Crippen LogP contribution in [0.5, 0.6) is 17.2 Å². The van der Waals surface area contributed by atoms with Gasteiger partial charge in [0, 0.05) is 16.1 Å². The molecule has 1 aliphatic heterocycles. The number of rotatable bonds is 7. The van der Waals surface area contributed by atoms with Crippen molar-refractivity contribution in [2.24, 2.45) is 0 Å². The molecule has 1 atom stereocenters. The fourth-order valence-corrected chi connectivity index (χ4v) is 4.32. The van der Waals surface area contributed by atoms with Crippen LogP contribution in [0.15, 0.2) is 72.3 Å². The first kappa shape index (κ1) is 24.2. The smallest absolute Gasteiger partial charge is 0.295 e. The normalized spacial score (nSPS) is 16.9. The summed E-state index contributed by atoms with van der Waals surface area (Å²) in [5.41, 5.74) is 1.63. The predicted molar refractivity (Wildman–Crippen MR) is 132 cm³/mol. The van der Waals surface area contributed by atoms with Gasteiger partial charge in [-0.2, -0.15) is 0 Å². The van der Waals surface area contributed by atoms with Crippen molar-refractivity contribution in [1.82, 2.24) is 4.90 Å². The van der Waals surface area contributed by atoms with E-state index in [0.717, 1.165) is 0 Å². The predicted octanol–water partition coefficient (Wildman–Crippen LogP) is 4.99. The number of halogens is 1. The van der Waals surface area contributed by atoms with E-state index in [4.69, 9.17) is 25.8 Å². The fourth-order valence-electron chi connectivity index (χ4n) is 4.19. The second-order valence-electron chi connectivity index (χ2n) is 7.86. The van der Waals surface area contributed by atoms with Crippen LogP contribution >= 0.6 is 11.6 Å². The van der Waals surface area contributed by atoms with Crippen LogP contribution in [-0.4, -0.2) is 43.0 Å². The summed E-state index contributed by atoms with van der Waals surface area (Å²) in [7, 11) is 4.56. The number of ketones is 1. The Morgan fingerprint density at radius 3 is 2.20 bits per heavy atom. The average molecular weight is 494 g/mol. The Hall–Kier alpha value is -3.97. The molecule has 35 heavy (non-hydrogen) atoms. The Morgan fingerprint density at radius 1 is 0.886 bits per heavy atom. The third-order valence-electron chi connectivity index (χ3n) is 5.91. The number of nitrogens with zero attached hydrogens (tertiary/aromatic N) is 1. The van der Waals surface area contributed by atoms with Crippen LogP contribution < -0.4 is 14.2 Å². The third-order valence-corrected chi connectivity index (χ3v) is 6.17. The maximum atomic E-state index is 13.3. The van der Waals surface area contributed by atoms with E-state index in [1.165, 1.54) is 19.1 Å². The highest BCUT2D eigenvalue weighted by Crippen LogP contribution is 2.43. The molecule has 1 saturated heterocycles. The number of methoxy groups -OCH3 is 3. The summed E-state index contributed by atoms with van der Waals surface area (Å²) in [4.78, 5) is 28.0. The fraction of sp³-hybridized carbons (Fsp3) is 0.185. The molecule has 180 valence electrons. The zero-order valence-corrected chi connectivity index (χ0v) is 20.2. The minimum absolute atomic E-state index is 0.0283.